The summed E-state index contributed by atoms with van der Waals surface area (Å²) in [5.41, 5.74) is 0.506. The molecule has 0 aliphatic carbocycles. The first-order valence-corrected chi connectivity index (χ1v) is 6.02. The zero-order valence-corrected chi connectivity index (χ0v) is 9.27. The van der Waals surface area contributed by atoms with Crippen molar-refractivity contribution in [2.24, 2.45) is 0 Å². The Labute approximate surface area is 91.7 Å². The number of carbonyl (C=O) groups is 1. The summed E-state index contributed by atoms with van der Waals surface area (Å²) in [5, 5.41) is 2.74. The van der Waals surface area contributed by atoms with Gasteiger partial charge in [0, 0.05) is 18.5 Å². The first-order valence-electron chi connectivity index (χ1n) is 4.61. The van der Waals surface area contributed by atoms with Gasteiger partial charge in [0.15, 0.2) is 10.9 Å². The zero-order chi connectivity index (χ0) is 9.97. The number of alkyl halides is 1. The highest BCUT2D eigenvalue weighted by atomic mass is 35.5. The summed E-state index contributed by atoms with van der Waals surface area (Å²) in [5.74, 6) is -0.0724. The number of rotatable bonds is 3. The molecule has 0 radical (unpaired) electrons. The number of aromatic nitrogens is 1. The van der Waals surface area contributed by atoms with Gasteiger partial charge in [0.1, 0.15) is 5.69 Å². The molecule has 0 bridgehead atoms. The van der Waals surface area contributed by atoms with Crippen molar-refractivity contribution in [3.8, 4) is 0 Å². The largest absolute Gasteiger partial charge is 0.348 e. The second kappa shape index (κ2) is 4.28. The number of anilines is 1. The SMILES string of the molecule is O=C(CCl)c1csc(N2CCCC2)n1. The Morgan fingerprint density at radius 1 is 1.57 bits per heavy atom. The van der Waals surface area contributed by atoms with Crippen LogP contribution in [0.4, 0.5) is 5.13 Å². The summed E-state index contributed by atoms with van der Waals surface area (Å²) >= 11 is 6.98. The van der Waals surface area contributed by atoms with E-state index in [4.69, 9.17) is 11.6 Å². The fourth-order valence-electron chi connectivity index (χ4n) is 1.51. The normalized spacial score (nSPS) is 16.2. The summed E-state index contributed by atoms with van der Waals surface area (Å²) in [6.45, 7) is 2.12. The standard InChI is InChI=1S/C9H11ClN2OS/c10-5-8(13)7-6-14-9(11-7)12-3-1-2-4-12/h6H,1-5H2. The molecule has 1 aromatic rings. The van der Waals surface area contributed by atoms with Gasteiger partial charge in [0.05, 0.1) is 5.88 Å². The second-order valence-corrected chi connectivity index (χ2v) is 4.37. The van der Waals surface area contributed by atoms with Crippen molar-refractivity contribution in [2.45, 2.75) is 12.8 Å². The number of carbonyl (C=O) groups excluding carboxylic acids is 1. The third kappa shape index (κ3) is 1.91. The van der Waals surface area contributed by atoms with Gasteiger partial charge in [-0.15, -0.1) is 22.9 Å². The summed E-state index contributed by atoms with van der Waals surface area (Å²) in [7, 11) is 0. The van der Waals surface area contributed by atoms with E-state index in [9.17, 15) is 4.79 Å². The first-order chi connectivity index (χ1) is 6.81. The Morgan fingerprint density at radius 3 is 2.93 bits per heavy atom. The van der Waals surface area contributed by atoms with E-state index >= 15 is 0 Å². The summed E-state index contributed by atoms with van der Waals surface area (Å²) < 4.78 is 0. The van der Waals surface area contributed by atoms with Crippen molar-refractivity contribution in [2.75, 3.05) is 23.9 Å². The Bertz CT molecular complexity index is 333. The lowest BCUT2D eigenvalue weighted by Crippen LogP contribution is -2.17. The van der Waals surface area contributed by atoms with Crippen molar-refractivity contribution in [1.29, 1.82) is 0 Å². The smallest absolute Gasteiger partial charge is 0.196 e. The molecule has 2 rings (SSSR count). The summed E-state index contributed by atoms with van der Waals surface area (Å²) in [6.07, 6.45) is 2.44. The molecule has 1 aromatic heterocycles. The fraction of sp³-hybridized carbons (Fsp3) is 0.556. The highest BCUT2D eigenvalue weighted by Gasteiger charge is 2.17. The number of halogens is 1. The molecule has 14 heavy (non-hydrogen) atoms. The zero-order valence-electron chi connectivity index (χ0n) is 7.70. The molecule has 0 unspecified atom stereocenters. The number of hydrogen-bond acceptors (Lipinski definition) is 4. The number of hydrogen-bond donors (Lipinski definition) is 0. The van der Waals surface area contributed by atoms with Crippen LogP contribution in [0.3, 0.4) is 0 Å². The van der Waals surface area contributed by atoms with Crippen LogP contribution in [0.5, 0.6) is 0 Å². The highest BCUT2D eigenvalue weighted by Crippen LogP contribution is 2.24. The Morgan fingerprint density at radius 2 is 2.29 bits per heavy atom. The molecule has 76 valence electrons. The van der Waals surface area contributed by atoms with Gasteiger partial charge in [-0.1, -0.05) is 0 Å². The Kier molecular flexibility index (Phi) is 3.03. The summed E-state index contributed by atoms with van der Waals surface area (Å²) in [4.78, 5) is 17.7. The lowest BCUT2D eigenvalue weighted by Gasteiger charge is -2.11. The molecular weight excluding hydrogens is 220 g/mol. The van der Waals surface area contributed by atoms with Crippen LogP contribution >= 0.6 is 22.9 Å². The molecule has 0 N–H and O–H groups in total. The average Bonchev–Trinajstić information content (AvgIpc) is 2.86. The van der Waals surface area contributed by atoms with E-state index in [1.165, 1.54) is 24.2 Å². The highest BCUT2D eigenvalue weighted by molar-refractivity contribution is 7.14. The summed E-state index contributed by atoms with van der Waals surface area (Å²) in [6, 6.07) is 0. The monoisotopic (exact) mass is 230 g/mol. The lowest BCUT2D eigenvalue weighted by atomic mass is 10.3. The third-order valence-electron chi connectivity index (χ3n) is 2.28. The lowest BCUT2D eigenvalue weighted by molar-refractivity contribution is 0.101. The minimum Gasteiger partial charge on any atom is -0.348 e. The molecule has 5 heteroatoms. The van der Waals surface area contributed by atoms with E-state index < -0.39 is 0 Å². The topological polar surface area (TPSA) is 33.2 Å². The number of nitrogens with zero attached hydrogens (tertiary/aromatic N) is 2. The van der Waals surface area contributed by atoms with Crippen molar-refractivity contribution in [3.05, 3.63) is 11.1 Å². The van der Waals surface area contributed by atoms with Crippen LogP contribution < -0.4 is 4.90 Å². The van der Waals surface area contributed by atoms with Gasteiger partial charge in [-0.3, -0.25) is 4.79 Å². The molecule has 0 aromatic carbocycles. The Hall–Kier alpha value is -0.610. The molecule has 0 atom stereocenters. The van der Waals surface area contributed by atoms with Crippen LogP contribution in [0.1, 0.15) is 23.3 Å². The number of ketones is 1. The van der Waals surface area contributed by atoms with Crippen LogP contribution in [-0.4, -0.2) is 29.7 Å². The minimum absolute atomic E-state index is 0.0170. The van der Waals surface area contributed by atoms with E-state index in [-0.39, 0.29) is 11.7 Å². The average molecular weight is 231 g/mol. The van der Waals surface area contributed by atoms with Crippen molar-refractivity contribution in [3.63, 3.8) is 0 Å². The van der Waals surface area contributed by atoms with Gasteiger partial charge < -0.3 is 4.90 Å². The van der Waals surface area contributed by atoms with Crippen molar-refractivity contribution >= 4 is 33.9 Å². The predicted octanol–water partition coefficient (Wildman–Crippen LogP) is 2.16. The molecule has 1 saturated heterocycles. The maximum Gasteiger partial charge on any atom is 0.196 e. The van der Waals surface area contributed by atoms with Gasteiger partial charge >= 0.3 is 0 Å². The van der Waals surface area contributed by atoms with Gasteiger partial charge in [-0.2, -0.15) is 0 Å². The molecule has 1 aliphatic rings. The van der Waals surface area contributed by atoms with Crippen LogP contribution in [0, 0.1) is 0 Å². The van der Waals surface area contributed by atoms with Crippen molar-refractivity contribution in [1.82, 2.24) is 4.98 Å². The Balaban J connectivity index is 2.12. The van der Waals surface area contributed by atoms with Gasteiger partial charge in [0.25, 0.3) is 0 Å². The molecular formula is C9H11ClN2OS. The minimum atomic E-state index is -0.0895. The van der Waals surface area contributed by atoms with Gasteiger partial charge in [-0.25, -0.2) is 4.98 Å². The molecule has 1 aliphatic heterocycles. The van der Waals surface area contributed by atoms with Gasteiger partial charge in [-0.05, 0) is 12.8 Å². The van der Waals surface area contributed by atoms with E-state index in [1.807, 2.05) is 0 Å². The van der Waals surface area contributed by atoms with E-state index in [0.717, 1.165) is 18.2 Å². The quantitative estimate of drug-likeness (QED) is 0.590. The molecule has 3 nitrogen and oxygen atoms in total. The number of thiazole rings is 1. The van der Waals surface area contributed by atoms with Crippen LogP contribution in [0.25, 0.3) is 0 Å². The van der Waals surface area contributed by atoms with Gasteiger partial charge in [0.2, 0.25) is 0 Å². The van der Waals surface area contributed by atoms with Crippen LogP contribution in [0.2, 0.25) is 0 Å². The number of Topliss-reactive ketones (excluding diaryl/α,β-unsaturated/α-hetero) is 1. The van der Waals surface area contributed by atoms with E-state index in [1.54, 1.807) is 5.38 Å². The van der Waals surface area contributed by atoms with E-state index in [0.29, 0.717) is 5.69 Å². The molecule has 0 saturated carbocycles. The molecule has 0 amide bonds. The predicted molar refractivity (Wildman–Crippen MR) is 58.6 cm³/mol. The van der Waals surface area contributed by atoms with Crippen LogP contribution in [0.15, 0.2) is 5.38 Å². The fourth-order valence-corrected chi connectivity index (χ4v) is 2.54. The molecule has 2 heterocycles. The van der Waals surface area contributed by atoms with E-state index in [2.05, 4.69) is 9.88 Å². The maximum atomic E-state index is 11.2. The second-order valence-electron chi connectivity index (χ2n) is 3.27. The maximum absolute atomic E-state index is 11.2. The first kappa shape index (κ1) is 9.93. The molecule has 0 spiro atoms. The third-order valence-corrected chi connectivity index (χ3v) is 3.42. The molecule has 1 fully saturated rings. The van der Waals surface area contributed by atoms with Crippen LogP contribution in [-0.2, 0) is 0 Å². The van der Waals surface area contributed by atoms with Crippen molar-refractivity contribution < 1.29 is 4.79 Å².